The van der Waals surface area contributed by atoms with E-state index in [0.717, 1.165) is 49.5 Å². The van der Waals surface area contributed by atoms with Gasteiger partial charge in [0.15, 0.2) is 11.5 Å². The molecule has 0 saturated carbocycles. The Morgan fingerprint density at radius 1 is 1.00 bits per heavy atom. The minimum atomic E-state index is 0.378. The Morgan fingerprint density at radius 2 is 1.76 bits per heavy atom. The zero-order valence-corrected chi connectivity index (χ0v) is 15.0. The Hall–Kier alpha value is -2.33. The fraction of sp³-hybridized carbons (Fsp3) is 0.381. The monoisotopic (exact) mass is 338 g/mol. The Labute approximate surface area is 150 Å². The van der Waals surface area contributed by atoms with E-state index >= 15 is 0 Å². The zero-order chi connectivity index (χ0) is 17.5. The van der Waals surface area contributed by atoms with Crippen LogP contribution in [0.5, 0.6) is 11.5 Å². The molecule has 4 heteroatoms. The summed E-state index contributed by atoms with van der Waals surface area (Å²) in [6, 6.07) is 16.9. The minimum Gasteiger partial charge on any atom is -0.493 e. The minimum absolute atomic E-state index is 0.378. The van der Waals surface area contributed by atoms with Crippen LogP contribution in [0.2, 0.25) is 0 Å². The van der Waals surface area contributed by atoms with Gasteiger partial charge in [-0.2, -0.15) is 0 Å². The lowest BCUT2D eigenvalue weighted by Crippen LogP contribution is -2.34. The van der Waals surface area contributed by atoms with Crippen LogP contribution in [-0.4, -0.2) is 44.5 Å². The molecule has 0 spiro atoms. The van der Waals surface area contributed by atoms with E-state index < -0.39 is 0 Å². The third kappa shape index (κ3) is 4.60. The first kappa shape index (κ1) is 17.5. The smallest absolute Gasteiger partial charge is 0.169 e. The molecule has 0 aromatic heterocycles. The van der Waals surface area contributed by atoms with Gasteiger partial charge in [-0.1, -0.05) is 36.4 Å². The van der Waals surface area contributed by atoms with Gasteiger partial charge in [-0.3, -0.25) is 9.89 Å². The highest BCUT2D eigenvalue weighted by molar-refractivity contribution is 5.85. The number of hydrogen-bond acceptors (Lipinski definition) is 4. The fourth-order valence-corrected chi connectivity index (χ4v) is 3.27. The predicted molar refractivity (Wildman–Crippen MR) is 102 cm³/mol. The lowest BCUT2D eigenvalue weighted by atomic mass is 10.0. The fourth-order valence-electron chi connectivity index (χ4n) is 3.27. The standard InChI is InChI=1S/C21H26N2O2/c1-24-20-10-6-9-18(21(20)25-2)15-22-19-11-13-23(14-12-19)16-17-7-4-3-5-8-17/h3-10,15,19H,11-14,16H2,1-2H3. The highest BCUT2D eigenvalue weighted by Crippen LogP contribution is 2.29. The van der Waals surface area contributed by atoms with Crippen LogP contribution in [-0.2, 0) is 6.54 Å². The topological polar surface area (TPSA) is 34.1 Å². The summed E-state index contributed by atoms with van der Waals surface area (Å²) in [7, 11) is 3.32. The van der Waals surface area contributed by atoms with Crippen LogP contribution in [0, 0.1) is 0 Å². The number of piperidine rings is 1. The molecule has 1 aliphatic rings. The van der Waals surface area contributed by atoms with E-state index in [4.69, 9.17) is 14.5 Å². The maximum Gasteiger partial charge on any atom is 0.169 e. The average molecular weight is 338 g/mol. The number of ether oxygens (including phenoxy) is 2. The number of nitrogens with zero attached hydrogens (tertiary/aromatic N) is 2. The molecule has 2 aromatic carbocycles. The highest BCUT2D eigenvalue weighted by Gasteiger charge is 2.18. The number of aliphatic imine (C=N–C) groups is 1. The molecule has 3 rings (SSSR count). The first-order valence-corrected chi connectivity index (χ1v) is 8.80. The van der Waals surface area contributed by atoms with Gasteiger partial charge in [0.05, 0.1) is 20.3 Å². The molecule has 0 atom stereocenters. The normalized spacial score (nSPS) is 16.2. The van der Waals surface area contributed by atoms with Crippen molar-refractivity contribution in [3.8, 4) is 11.5 Å². The van der Waals surface area contributed by atoms with E-state index in [-0.39, 0.29) is 0 Å². The molecule has 2 aromatic rings. The summed E-state index contributed by atoms with van der Waals surface area (Å²) in [4.78, 5) is 7.30. The van der Waals surface area contributed by atoms with Gasteiger partial charge in [-0.15, -0.1) is 0 Å². The van der Waals surface area contributed by atoms with Crippen molar-refractivity contribution in [2.75, 3.05) is 27.3 Å². The van der Waals surface area contributed by atoms with Crippen molar-refractivity contribution < 1.29 is 9.47 Å². The molecule has 0 unspecified atom stereocenters. The molecule has 1 fully saturated rings. The molecule has 1 aliphatic heterocycles. The van der Waals surface area contributed by atoms with Crippen LogP contribution in [0.1, 0.15) is 24.0 Å². The molecule has 0 amide bonds. The van der Waals surface area contributed by atoms with Crippen molar-refractivity contribution in [3.05, 3.63) is 59.7 Å². The van der Waals surface area contributed by atoms with Gasteiger partial charge in [-0.05, 0) is 30.5 Å². The second-order valence-corrected chi connectivity index (χ2v) is 6.35. The second kappa shape index (κ2) is 8.67. The SMILES string of the molecule is COc1cccc(C=NC2CCN(Cc3ccccc3)CC2)c1OC. The summed E-state index contributed by atoms with van der Waals surface area (Å²) in [5.41, 5.74) is 2.35. The first-order valence-electron chi connectivity index (χ1n) is 8.80. The molecular weight excluding hydrogens is 312 g/mol. The number of hydrogen-bond donors (Lipinski definition) is 0. The maximum atomic E-state index is 5.47. The molecule has 132 valence electrons. The number of methoxy groups -OCH3 is 2. The largest absolute Gasteiger partial charge is 0.493 e. The summed E-state index contributed by atoms with van der Waals surface area (Å²) in [5, 5.41) is 0. The Bertz CT molecular complexity index is 692. The summed E-state index contributed by atoms with van der Waals surface area (Å²) in [5.74, 6) is 1.49. The van der Waals surface area contributed by atoms with Crippen molar-refractivity contribution in [1.29, 1.82) is 0 Å². The maximum absolute atomic E-state index is 5.47. The van der Waals surface area contributed by atoms with Gasteiger partial charge in [-0.25, -0.2) is 0 Å². The van der Waals surface area contributed by atoms with Crippen LogP contribution in [0.4, 0.5) is 0 Å². The Balaban J connectivity index is 1.56. The lowest BCUT2D eigenvalue weighted by Gasteiger charge is -2.30. The summed E-state index contributed by atoms with van der Waals surface area (Å²) < 4.78 is 10.8. The molecular formula is C21H26N2O2. The van der Waals surface area contributed by atoms with Gasteiger partial charge in [0.1, 0.15) is 0 Å². The van der Waals surface area contributed by atoms with E-state index in [0.29, 0.717) is 6.04 Å². The molecule has 0 N–H and O–H groups in total. The third-order valence-electron chi connectivity index (χ3n) is 4.66. The summed E-state index contributed by atoms with van der Waals surface area (Å²) in [6.07, 6.45) is 4.12. The average Bonchev–Trinajstić information content (AvgIpc) is 2.67. The lowest BCUT2D eigenvalue weighted by molar-refractivity contribution is 0.206. The van der Waals surface area contributed by atoms with E-state index in [9.17, 15) is 0 Å². The van der Waals surface area contributed by atoms with Gasteiger partial charge in [0.25, 0.3) is 0 Å². The van der Waals surface area contributed by atoms with E-state index in [1.54, 1.807) is 14.2 Å². The van der Waals surface area contributed by atoms with Crippen LogP contribution in [0.15, 0.2) is 53.5 Å². The molecule has 0 radical (unpaired) electrons. The number of rotatable bonds is 6. The Kier molecular flexibility index (Phi) is 6.07. The van der Waals surface area contributed by atoms with Gasteiger partial charge in [0, 0.05) is 31.4 Å². The molecule has 4 nitrogen and oxygen atoms in total. The molecule has 0 aliphatic carbocycles. The van der Waals surface area contributed by atoms with Gasteiger partial charge < -0.3 is 9.47 Å². The van der Waals surface area contributed by atoms with E-state index in [1.165, 1.54) is 5.56 Å². The van der Waals surface area contributed by atoms with Crippen molar-refractivity contribution in [2.45, 2.75) is 25.4 Å². The summed E-state index contributed by atoms with van der Waals surface area (Å²) >= 11 is 0. The number of para-hydroxylation sites is 1. The van der Waals surface area contributed by atoms with Crippen molar-refractivity contribution >= 4 is 6.21 Å². The van der Waals surface area contributed by atoms with E-state index in [2.05, 4.69) is 35.2 Å². The second-order valence-electron chi connectivity index (χ2n) is 6.35. The Morgan fingerprint density at radius 3 is 2.44 bits per heavy atom. The van der Waals surface area contributed by atoms with Crippen molar-refractivity contribution in [2.24, 2.45) is 4.99 Å². The van der Waals surface area contributed by atoms with Crippen LogP contribution >= 0.6 is 0 Å². The predicted octanol–water partition coefficient (Wildman–Crippen LogP) is 3.79. The van der Waals surface area contributed by atoms with Gasteiger partial charge >= 0.3 is 0 Å². The molecule has 1 heterocycles. The van der Waals surface area contributed by atoms with Crippen molar-refractivity contribution in [3.63, 3.8) is 0 Å². The first-order chi connectivity index (χ1) is 12.3. The van der Waals surface area contributed by atoms with E-state index in [1.807, 2.05) is 24.4 Å². The van der Waals surface area contributed by atoms with Crippen LogP contribution < -0.4 is 9.47 Å². The van der Waals surface area contributed by atoms with Crippen LogP contribution in [0.25, 0.3) is 0 Å². The molecule has 1 saturated heterocycles. The number of likely N-dealkylation sites (tertiary alicyclic amines) is 1. The highest BCUT2D eigenvalue weighted by atomic mass is 16.5. The zero-order valence-electron chi connectivity index (χ0n) is 15.0. The third-order valence-corrected chi connectivity index (χ3v) is 4.66. The van der Waals surface area contributed by atoms with Crippen LogP contribution in [0.3, 0.4) is 0 Å². The summed E-state index contributed by atoms with van der Waals surface area (Å²) in [6.45, 7) is 3.21. The number of benzene rings is 2. The van der Waals surface area contributed by atoms with Gasteiger partial charge in [0.2, 0.25) is 0 Å². The molecule has 25 heavy (non-hydrogen) atoms. The molecule has 0 bridgehead atoms. The quantitative estimate of drug-likeness (QED) is 0.752. The van der Waals surface area contributed by atoms with Crippen molar-refractivity contribution in [1.82, 2.24) is 4.90 Å².